The van der Waals surface area contributed by atoms with Crippen molar-refractivity contribution in [3.63, 3.8) is 0 Å². The summed E-state index contributed by atoms with van der Waals surface area (Å²) in [6.45, 7) is 3.45. The summed E-state index contributed by atoms with van der Waals surface area (Å²) < 4.78 is 0. The lowest BCUT2D eigenvalue weighted by atomic mass is 9.97. The number of carbonyl (C=O) groups is 5. The summed E-state index contributed by atoms with van der Waals surface area (Å²) in [7, 11) is 0. The highest BCUT2D eigenvalue weighted by molar-refractivity contribution is 7.98. The van der Waals surface area contributed by atoms with E-state index in [0.717, 1.165) is 0 Å². The number of amides is 3. The van der Waals surface area contributed by atoms with Gasteiger partial charge in [-0.3, -0.25) is 19.2 Å². The van der Waals surface area contributed by atoms with Crippen LogP contribution in [-0.4, -0.2) is 86.0 Å². The van der Waals surface area contributed by atoms with Gasteiger partial charge in [0, 0.05) is 18.3 Å². The van der Waals surface area contributed by atoms with Crippen LogP contribution in [0.25, 0.3) is 0 Å². The number of carbonyl (C=O) groups excluding carboxylic acids is 3. The molecule has 13 nitrogen and oxygen atoms in total. The number of aromatic nitrogens is 2. The minimum absolute atomic E-state index is 0.0401. The number of imidazole rings is 1. The Morgan fingerprint density at radius 3 is 2.26 bits per heavy atom. The molecular weight excluding hydrogens is 480 g/mol. The van der Waals surface area contributed by atoms with Crippen LogP contribution in [0.5, 0.6) is 0 Å². The molecule has 0 spiro atoms. The molecule has 0 radical (unpaired) electrons. The quantitative estimate of drug-likeness (QED) is 0.144. The molecule has 5 atom stereocenters. The molecule has 1 aromatic heterocycles. The number of carboxylic acids is 2. The lowest BCUT2D eigenvalue weighted by Gasteiger charge is -2.28. The zero-order valence-corrected chi connectivity index (χ0v) is 20.8. The number of thioether (sulfide) groups is 1. The summed E-state index contributed by atoms with van der Waals surface area (Å²) in [6, 6.07) is -4.77. The number of nitrogens with one attached hydrogen (secondary N) is 4. The van der Waals surface area contributed by atoms with Crippen molar-refractivity contribution in [2.75, 3.05) is 12.0 Å². The number of nitrogens with two attached hydrogens (primary N) is 1. The number of hydrogen-bond acceptors (Lipinski definition) is 8. The standard InChI is InChI=1S/C21H34N6O7S/c1-4-11(2)17(20(32)26-15(21(33)34)8-16(28)29)27-19(31)14(7-12-9-23-10-24-12)25-18(30)13(22)5-6-35-3/h9-11,13-15,17H,4-8,22H2,1-3H3,(H,23,24)(H,25,30)(H,26,32)(H,27,31)(H,28,29)(H,33,34). The number of rotatable bonds is 16. The second-order valence-corrected chi connectivity index (χ2v) is 9.08. The van der Waals surface area contributed by atoms with Crippen LogP contribution in [0.4, 0.5) is 0 Å². The second-order valence-electron chi connectivity index (χ2n) is 8.10. The van der Waals surface area contributed by atoms with Crippen molar-refractivity contribution in [3.05, 3.63) is 18.2 Å². The van der Waals surface area contributed by atoms with Gasteiger partial charge in [-0.15, -0.1) is 0 Å². The van der Waals surface area contributed by atoms with Gasteiger partial charge in [-0.05, 0) is 24.3 Å². The molecule has 1 heterocycles. The fourth-order valence-corrected chi connectivity index (χ4v) is 3.56. The molecule has 0 fully saturated rings. The molecule has 0 aromatic carbocycles. The largest absolute Gasteiger partial charge is 0.481 e. The van der Waals surface area contributed by atoms with E-state index in [1.807, 2.05) is 6.26 Å². The van der Waals surface area contributed by atoms with Crippen molar-refractivity contribution in [3.8, 4) is 0 Å². The molecule has 1 aromatic rings. The predicted molar refractivity (Wildman–Crippen MR) is 128 cm³/mol. The summed E-state index contributed by atoms with van der Waals surface area (Å²) >= 11 is 1.53. The summed E-state index contributed by atoms with van der Waals surface area (Å²) in [5.74, 6) is -4.74. The molecule has 0 saturated heterocycles. The lowest BCUT2D eigenvalue weighted by molar-refractivity contribution is -0.147. The maximum Gasteiger partial charge on any atom is 0.326 e. The Morgan fingerprint density at radius 1 is 1.09 bits per heavy atom. The van der Waals surface area contributed by atoms with Gasteiger partial charge in [0.1, 0.15) is 18.1 Å². The third kappa shape index (κ3) is 10.3. The van der Waals surface area contributed by atoms with E-state index in [2.05, 4.69) is 25.9 Å². The van der Waals surface area contributed by atoms with Crippen LogP contribution < -0.4 is 21.7 Å². The Bertz CT molecular complexity index is 866. The fourth-order valence-electron chi connectivity index (χ4n) is 3.07. The predicted octanol–water partition coefficient (Wildman–Crippen LogP) is -0.908. The number of aromatic amines is 1. The third-order valence-electron chi connectivity index (χ3n) is 5.37. The second kappa shape index (κ2) is 15.0. The van der Waals surface area contributed by atoms with Crippen molar-refractivity contribution in [1.82, 2.24) is 25.9 Å². The molecule has 8 N–H and O–H groups in total. The summed E-state index contributed by atoms with van der Waals surface area (Å²) in [5.41, 5.74) is 6.48. The summed E-state index contributed by atoms with van der Waals surface area (Å²) in [4.78, 5) is 67.7. The molecule has 1 rings (SSSR count). The van der Waals surface area contributed by atoms with Gasteiger partial charge < -0.3 is 36.9 Å². The SMILES string of the molecule is CCC(C)C(NC(=O)C(Cc1cnc[nH]1)NC(=O)C(N)CCSC)C(=O)NC(CC(=O)O)C(=O)O. The average Bonchev–Trinajstić information content (AvgIpc) is 3.31. The maximum atomic E-state index is 13.2. The molecule has 0 saturated carbocycles. The van der Waals surface area contributed by atoms with Crippen molar-refractivity contribution >= 4 is 41.4 Å². The van der Waals surface area contributed by atoms with Gasteiger partial charge in [0.2, 0.25) is 17.7 Å². The highest BCUT2D eigenvalue weighted by Gasteiger charge is 2.33. The number of carboxylic acid groups (broad SMARTS) is 2. The Kier molecular flexibility index (Phi) is 12.8. The molecule has 0 aliphatic rings. The first-order valence-electron chi connectivity index (χ1n) is 11.1. The van der Waals surface area contributed by atoms with Gasteiger partial charge in [-0.25, -0.2) is 9.78 Å². The Labute approximate surface area is 207 Å². The molecule has 14 heteroatoms. The van der Waals surface area contributed by atoms with E-state index in [4.69, 9.17) is 10.8 Å². The van der Waals surface area contributed by atoms with Crippen molar-refractivity contribution in [2.24, 2.45) is 11.7 Å². The van der Waals surface area contributed by atoms with E-state index in [1.165, 1.54) is 24.3 Å². The van der Waals surface area contributed by atoms with E-state index in [9.17, 15) is 29.1 Å². The van der Waals surface area contributed by atoms with Gasteiger partial charge in [0.25, 0.3) is 0 Å². The molecule has 196 valence electrons. The molecule has 0 aliphatic carbocycles. The van der Waals surface area contributed by atoms with Crippen molar-refractivity contribution in [2.45, 2.75) is 63.7 Å². The topological polar surface area (TPSA) is 217 Å². The molecular formula is C21H34N6O7S. The molecule has 3 amide bonds. The van der Waals surface area contributed by atoms with Gasteiger partial charge in [0.05, 0.1) is 18.8 Å². The fraction of sp³-hybridized carbons (Fsp3) is 0.619. The minimum Gasteiger partial charge on any atom is -0.481 e. The smallest absolute Gasteiger partial charge is 0.326 e. The van der Waals surface area contributed by atoms with E-state index >= 15 is 0 Å². The number of hydrogen-bond donors (Lipinski definition) is 7. The normalized spacial score (nSPS) is 15.2. The van der Waals surface area contributed by atoms with E-state index in [1.54, 1.807) is 13.8 Å². The van der Waals surface area contributed by atoms with Gasteiger partial charge in [0.15, 0.2) is 0 Å². The minimum atomic E-state index is -1.67. The number of H-pyrrole nitrogens is 1. The van der Waals surface area contributed by atoms with E-state index in [-0.39, 0.29) is 6.42 Å². The Morgan fingerprint density at radius 2 is 1.74 bits per heavy atom. The first-order chi connectivity index (χ1) is 16.5. The lowest BCUT2D eigenvalue weighted by Crippen LogP contribution is -2.59. The zero-order chi connectivity index (χ0) is 26.5. The van der Waals surface area contributed by atoms with E-state index in [0.29, 0.717) is 24.3 Å². The number of aliphatic carboxylic acids is 2. The van der Waals surface area contributed by atoms with Gasteiger partial charge in [-0.2, -0.15) is 11.8 Å². The highest BCUT2D eigenvalue weighted by atomic mass is 32.2. The Hall–Kier alpha value is -3.13. The van der Waals surface area contributed by atoms with Gasteiger partial charge >= 0.3 is 11.9 Å². The summed E-state index contributed by atoms with van der Waals surface area (Å²) in [6.07, 6.45) is 4.86. The van der Waals surface area contributed by atoms with Crippen molar-refractivity contribution in [1.29, 1.82) is 0 Å². The molecule has 0 bridgehead atoms. The van der Waals surface area contributed by atoms with Crippen molar-refractivity contribution < 1.29 is 34.2 Å². The van der Waals surface area contributed by atoms with Crippen LogP contribution in [0.2, 0.25) is 0 Å². The van der Waals surface area contributed by atoms with Crippen LogP contribution in [0, 0.1) is 5.92 Å². The molecule has 5 unspecified atom stereocenters. The highest BCUT2D eigenvalue weighted by Crippen LogP contribution is 2.11. The average molecular weight is 515 g/mol. The van der Waals surface area contributed by atoms with Crippen LogP contribution in [-0.2, 0) is 30.4 Å². The first-order valence-corrected chi connectivity index (χ1v) is 12.5. The van der Waals surface area contributed by atoms with Crippen LogP contribution >= 0.6 is 11.8 Å². The number of nitrogens with zero attached hydrogens (tertiary/aromatic N) is 1. The van der Waals surface area contributed by atoms with Crippen LogP contribution in [0.3, 0.4) is 0 Å². The maximum absolute atomic E-state index is 13.2. The molecule has 0 aliphatic heterocycles. The zero-order valence-electron chi connectivity index (χ0n) is 19.9. The monoisotopic (exact) mass is 514 g/mol. The third-order valence-corrected chi connectivity index (χ3v) is 6.01. The summed E-state index contributed by atoms with van der Waals surface area (Å²) in [5, 5.41) is 25.5. The van der Waals surface area contributed by atoms with E-state index < -0.39 is 66.2 Å². The first kappa shape index (κ1) is 29.9. The molecule has 35 heavy (non-hydrogen) atoms. The Balaban J connectivity index is 3.06. The van der Waals surface area contributed by atoms with Crippen LogP contribution in [0.1, 0.15) is 38.8 Å². The van der Waals surface area contributed by atoms with Crippen LogP contribution in [0.15, 0.2) is 12.5 Å². The van der Waals surface area contributed by atoms with Gasteiger partial charge in [-0.1, -0.05) is 20.3 Å².